The van der Waals surface area contributed by atoms with Crippen molar-refractivity contribution in [2.75, 3.05) is 25.0 Å². The molecule has 1 fully saturated rings. The largest absolute Gasteiger partial charge is 0.316 e. The monoisotopic (exact) mass is 248 g/mol. The number of rotatable bonds is 1. The van der Waals surface area contributed by atoms with Crippen LogP contribution in [-0.2, 0) is 11.2 Å². The lowest BCUT2D eigenvalue weighted by Gasteiger charge is -2.24. The first-order valence-corrected chi connectivity index (χ1v) is 6.46. The van der Waals surface area contributed by atoms with Crippen molar-refractivity contribution in [3.05, 3.63) is 29.1 Å². The van der Waals surface area contributed by atoms with Gasteiger partial charge < -0.3 is 10.2 Å². The van der Waals surface area contributed by atoms with Gasteiger partial charge in [0.15, 0.2) is 0 Å². The summed E-state index contributed by atoms with van der Waals surface area (Å²) in [6, 6.07) is 3.61. The van der Waals surface area contributed by atoms with Gasteiger partial charge in [-0.2, -0.15) is 0 Å². The van der Waals surface area contributed by atoms with Gasteiger partial charge in [0, 0.05) is 13.6 Å². The van der Waals surface area contributed by atoms with Crippen LogP contribution in [0.3, 0.4) is 0 Å². The highest BCUT2D eigenvalue weighted by Crippen LogP contribution is 2.35. The van der Waals surface area contributed by atoms with E-state index in [1.807, 2.05) is 6.07 Å². The summed E-state index contributed by atoms with van der Waals surface area (Å²) in [6.45, 7) is 1.95. The fraction of sp³-hybridized carbons (Fsp3) is 0.500. The average molecular weight is 248 g/mol. The minimum Gasteiger partial charge on any atom is -0.316 e. The van der Waals surface area contributed by atoms with Gasteiger partial charge in [0.05, 0.1) is 12.1 Å². The van der Waals surface area contributed by atoms with Gasteiger partial charge in [0.1, 0.15) is 5.82 Å². The third-order valence-corrected chi connectivity index (χ3v) is 3.98. The Balaban J connectivity index is 1.97. The van der Waals surface area contributed by atoms with Gasteiger partial charge in [-0.15, -0.1) is 0 Å². The second-order valence-electron chi connectivity index (χ2n) is 5.18. The number of amides is 1. The van der Waals surface area contributed by atoms with E-state index in [2.05, 4.69) is 5.32 Å². The summed E-state index contributed by atoms with van der Waals surface area (Å²) >= 11 is 0. The molecule has 0 aromatic heterocycles. The van der Waals surface area contributed by atoms with Crippen LogP contribution in [0.2, 0.25) is 0 Å². The van der Waals surface area contributed by atoms with Crippen LogP contribution in [0.1, 0.15) is 29.9 Å². The molecule has 4 heteroatoms. The second-order valence-corrected chi connectivity index (χ2v) is 5.18. The fourth-order valence-corrected chi connectivity index (χ4v) is 2.97. The van der Waals surface area contributed by atoms with Gasteiger partial charge in [0.2, 0.25) is 5.91 Å². The molecule has 0 radical (unpaired) electrons. The van der Waals surface area contributed by atoms with Crippen LogP contribution >= 0.6 is 0 Å². The molecule has 2 aliphatic heterocycles. The number of halogens is 1. The molecule has 1 amide bonds. The van der Waals surface area contributed by atoms with Gasteiger partial charge in [-0.05, 0) is 42.5 Å². The Morgan fingerprint density at radius 2 is 2.28 bits per heavy atom. The Morgan fingerprint density at radius 1 is 1.44 bits per heavy atom. The summed E-state index contributed by atoms with van der Waals surface area (Å²) < 4.78 is 14.1. The van der Waals surface area contributed by atoms with Gasteiger partial charge in [-0.3, -0.25) is 4.79 Å². The number of piperidine rings is 1. The maximum absolute atomic E-state index is 14.1. The number of benzene rings is 1. The number of hydrogen-bond donors (Lipinski definition) is 1. The minimum absolute atomic E-state index is 0.0252. The van der Waals surface area contributed by atoms with Crippen LogP contribution in [0.15, 0.2) is 12.1 Å². The maximum Gasteiger partial charge on any atom is 0.231 e. The lowest BCUT2D eigenvalue weighted by atomic mass is 9.90. The van der Waals surface area contributed by atoms with E-state index < -0.39 is 0 Å². The highest BCUT2D eigenvalue weighted by molar-refractivity contribution is 6.01. The van der Waals surface area contributed by atoms with Gasteiger partial charge in [0.25, 0.3) is 0 Å². The zero-order chi connectivity index (χ0) is 12.7. The van der Waals surface area contributed by atoms with E-state index in [0.717, 1.165) is 37.1 Å². The number of carbonyl (C=O) groups is 1. The Kier molecular flexibility index (Phi) is 2.82. The lowest BCUT2D eigenvalue weighted by Crippen LogP contribution is -2.28. The average Bonchev–Trinajstić information content (AvgIpc) is 2.66. The van der Waals surface area contributed by atoms with E-state index in [1.54, 1.807) is 13.1 Å². The Bertz CT molecular complexity index is 495. The van der Waals surface area contributed by atoms with Crippen LogP contribution in [-0.4, -0.2) is 26.0 Å². The molecule has 2 aliphatic rings. The van der Waals surface area contributed by atoms with Crippen LogP contribution in [0.4, 0.5) is 10.1 Å². The van der Waals surface area contributed by atoms with Gasteiger partial charge in [-0.1, -0.05) is 6.07 Å². The molecule has 0 aliphatic carbocycles. The summed E-state index contributed by atoms with van der Waals surface area (Å²) in [5.74, 6) is 0.0869. The van der Waals surface area contributed by atoms with Gasteiger partial charge in [-0.25, -0.2) is 4.39 Å². The van der Waals surface area contributed by atoms with E-state index >= 15 is 0 Å². The van der Waals surface area contributed by atoms with Gasteiger partial charge >= 0.3 is 0 Å². The standard InChI is InChI=1S/C14H17FN2O/c1-17-13(18)7-11-5-10(6-12(15)14(11)17)9-3-2-4-16-8-9/h5-6,9,16H,2-4,7-8H2,1H3. The predicted molar refractivity (Wildman–Crippen MR) is 68.4 cm³/mol. The third kappa shape index (κ3) is 1.81. The van der Waals surface area contributed by atoms with Crippen molar-refractivity contribution in [3.8, 4) is 0 Å². The summed E-state index contributed by atoms with van der Waals surface area (Å²) in [6.07, 6.45) is 2.55. The summed E-state index contributed by atoms with van der Waals surface area (Å²) in [5.41, 5.74) is 2.33. The van der Waals surface area contributed by atoms with Crippen molar-refractivity contribution in [1.29, 1.82) is 0 Å². The molecule has 1 N–H and O–H groups in total. The molecule has 0 spiro atoms. The number of likely N-dealkylation sites (N-methyl/N-ethyl adjacent to an activating group) is 1. The molecule has 1 atom stereocenters. The number of carbonyl (C=O) groups excluding carboxylic acids is 1. The molecule has 2 heterocycles. The molecule has 0 saturated carbocycles. The number of nitrogens with one attached hydrogen (secondary N) is 1. The molecule has 1 saturated heterocycles. The molecule has 1 aromatic rings. The first-order chi connectivity index (χ1) is 8.66. The topological polar surface area (TPSA) is 32.3 Å². The molecule has 18 heavy (non-hydrogen) atoms. The smallest absolute Gasteiger partial charge is 0.231 e. The predicted octanol–water partition coefficient (Wildman–Crippen LogP) is 1.81. The summed E-state index contributed by atoms with van der Waals surface area (Å²) in [5, 5.41) is 3.34. The number of nitrogens with zero attached hydrogens (tertiary/aromatic N) is 1. The minimum atomic E-state index is -0.263. The van der Waals surface area contributed by atoms with E-state index in [0.29, 0.717) is 18.0 Å². The lowest BCUT2D eigenvalue weighted by molar-refractivity contribution is -0.117. The van der Waals surface area contributed by atoms with E-state index in [4.69, 9.17) is 0 Å². The van der Waals surface area contributed by atoms with Crippen molar-refractivity contribution in [2.45, 2.75) is 25.2 Å². The highest BCUT2D eigenvalue weighted by Gasteiger charge is 2.29. The molecule has 0 bridgehead atoms. The Hall–Kier alpha value is -1.42. The molecule has 1 aromatic carbocycles. The normalized spacial score (nSPS) is 23.3. The number of fused-ring (bicyclic) bond motifs is 1. The van der Waals surface area contributed by atoms with Crippen LogP contribution in [0, 0.1) is 5.82 Å². The van der Waals surface area contributed by atoms with E-state index in [-0.39, 0.29) is 11.7 Å². The highest BCUT2D eigenvalue weighted by atomic mass is 19.1. The van der Waals surface area contributed by atoms with Crippen molar-refractivity contribution in [1.82, 2.24) is 5.32 Å². The van der Waals surface area contributed by atoms with Crippen molar-refractivity contribution < 1.29 is 9.18 Å². The zero-order valence-corrected chi connectivity index (χ0v) is 10.5. The molecular weight excluding hydrogens is 231 g/mol. The molecule has 3 rings (SSSR count). The SMILES string of the molecule is CN1C(=O)Cc2cc(C3CCCNC3)cc(F)c21. The first kappa shape index (κ1) is 11.7. The van der Waals surface area contributed by atoms with Crippen molar-refractivity contribution in [2.24, 2.45) is 0 Å². The fourth-order valence-electron chi connectivity index (χ4n) is 2.97. The molecule has 3 nitrogen and oxygen atoms in total. The van der Waals surface area contributed by atoms with E-state index in [9.17, 15) is 9.18 Å². The van der Waals surface area contributed by atoms with Crippen LogP contribution in [0.5, 0.6) is 0 Å². The maximum atomic E-state index is 14.1. The van der Waals surface area contributed by atoms with E-state index in [1.165, 1.54) is 4.90 Å². The van der Waals surface area contributed by atoms with Crippen LogP contribution < -0.4 is 10.2 Å². The Morgan fingerprint density at radius 3 is 3.00 bits per heavy atom. The zero-order valence-electron chi connectivity index (χ0n) is 10.5. The second kappa shape index (κ2) is 4.35. The molecular formula is C14H17FN2O. The number of anilines is 1. The molecule has 1 unspecified atom stereocenters. The third-order valence-electron chi connectivity index (χ3n) is 3.98. The van der Waals surface area contributed by atoms with Crippen LogP contribution in [0.25, 0.3) is 0 Å². The summed E-state index contributed by atoms with van der Waals surface area (Å²) in [4.78, 5) is 13.0. The quantitative estimate of drug-likeness (QED) is 0.822. The van der Waals surface area contributed by atoms with Crippen molar-refractivity contribution >= 4 is 11.6 Å². The first-order valence-electron chi connectivity index (χ1n) is 6.46. The number of hydrogen-bond acceptors (Lipinski definition) is 2. The Labute approximate surface area is 106 Å². The molecule has 96 valence electrons. The van der Waals surface area contributed by atoms with Crippen molar-refractivity contribution in [3.63, 3.8) is 0 Å². The summed E-state index contributed by atoms with van der Waals surface area (Å²) in [7, 11) is 1.64.